The van der Waals surface area contributed by atoms with Gasteiger partial charge in [0, 0.05) is 22.2 Å². The van der Waals surface area contributed by atoms with E-state index in [1.54, 1.807) is 25.1 Å². The van der Waals surface area contributed by atoms with Crippen LogP contribution in [0.3, 0.4) is 0 Å². The molecule has 5 nitrogen and oxygen atoms in total. The zero-order valence-electron chi connectivity index (χ0n) is 12.1. The molecule has 2 saturated heterocycles. The van der Waals surface area contributed by atoms with E-state index in [1.807, 2.05) is 0 Å². The van der Waals surface area contributed by atoms with E-state index in [0.717, 1.165) is 12.8 Å². The summed E-state index contributed by atoms with van der Waals surface area (Å²) in [6, 6.07) is 4.45. The van der Waals surface area contributed by atoms with E-state index in [2.05, 4.69) is 5.32 Å². The second-order valence-corrected chi connectivity index (χ2v) is 6.57. The smallest absolute Gasteiger partial charge is 0.325 e. The van der Waals surface area contributed by atoms with Gasteiger partial charge >= 0.3 is 6.03 Å². The number of carbonyl (C=O) groups excluding carboxylic acids is 2. The van der Waals surface area contributed by atoms with E-state index in [9.17, 15) is 9.59 Å². The van der Waals surface area contributed by atoms with Gasteiger partial charge in [-0.15, -0.1) is 0 Å². The molecule has 0 aromatic heterocycles. The largest absolute Gasteiger partial charge is 0.376 e. The van der Waals surface area contributed by atoms with Gasteiger partial charge in [-0.2, -0.15) is 0 Å². The predicted octanol–water partition coefficient (Wildman–Crippen LogP) is 2.94. The summed E-state index contributed by atoms with van der Waals surface area (Å²) in [5.74, 6) is -0.322. The molecule has 2 aliphatic heterocycles. The normalized spacial score (nSPS) is 28.3. The summed E-state index contributed by atoms with van der Waals surface area (Å²) in [7, 11) is 0. The van der Waals surface area contributed by atoms with Crippen molar-refractivity contribution in [2.24, 2.45) is 0 Å². The molecule has 2 aliphatic rings. The maximum Gasteiger partial charge on any atom is 0.325 e. The van der Waals surface area contributed by atoms with Crippen LogP contribution >= 0.6 is 23.2 Å². The van der Waals surface area contributed by atoms with Gasteiger partial charge in [0.05, 0.1) is 12.6 Å². The van der Waals surface area contributed by atoms with Crippen LogP contribution in [0.5, 0.6) is 0 Å². The number of rotatable bonds is 3. The predicted molar refractivity (Wildman–Crippen MR) is 83.0 cm³/mol. The highest BCUT2D eigenvalue weighted by Crippen LogP contribution is 2.35. The van der Waals surface area contributed by atoms with Crippen molar-refractivity contribution in [1.29, 1.82) is 0 Å². The lowest BCUT2D eigenvalue weighted by atomic mass is 9.92. The summed E-state index contributed by atoms with van der Waals surface area (Å²) in [6.45, 7) is 2.60. The standard InChI is InChI=1S/C15H16Cl2N2O3/c1-15(11-5-4-9(16)7-12(11)17)13(20)19(14(21)18-15)8-10-3-2-6-22-10/h4-5,7,10H,2-3,6,8H2,1H3,(H,18,21)/t10-,15+/m0/s1. The minimum atomic E-state index is -1.18. The van der Waals surface area contributed by atoms with Crippen LogP contribution < -0.4 is 5.32 Å². The van der Waals surface area contributed by atoms with Crippen LogP contribution in [0.1, 0.15) is 25.3 Å². The lowest BCUT2D eigenvalue weighted by molar-refractivity contribution is -0.132. The molecule has 0 spiro atoms. The first-order valence-electron chi connectivity index (χ1n) is 7.13. The number of nitrogens with one attached hydrogen (secondary N) is 1. The second kappa shape index (κ2) is 5.72. The topological polar surface area (TPSA) is 58.6 Å². The number of hydrogen-bond donors (Lipinski definition) is 1. The van der Waals surface area contributed by atoms with Gasteiger partial charge in [0.15, 0.2) is 0 Å². The first-order valence-corrected chi connectivity index (χ1v) is 7.88. The summed E-state index contributed by atoms with van der Waals surface area (Å²) in [5.41, 5.74) is -0.649. The Morgan fingerprint density at radius 2 is 2.18 bits per heavy atom. The molecule has 118 valence electrons. The molecule has 1 aromatic carbocycles. The summed E-state index contributed by atoms with van der Waals surface area (Å²) in [5, 5.41) is 3.56. The van der Waals surface area contributed by atoms with Crippen molar-refractivity contribution in [2.75, 3.05) is 13.2 Å². The molecule has 1 aromatic rings. The summed E-state index contributed by atoms with van der Waals surface area (Å²) >= 11 is 12.1. The van der Waals surface area contributed by atoms with Crippen LogP contribution in [0.25, 0.3) is 0 Å². The van der Waals surface area contributed by atoms with Gasteiger partial charge in [-0.05, 0) is 31.9 Å². The van der Waals surface area contributed by atoms with Gasteiger partial charge in [0.1, 0.15) is 5.54 Å². The lowest BCUT2D eigenvalue weighted by Gasteiger charge is -2.24. The molecule has 7 heteroatoms. The molecule has 2 fully saturated rings. The number of amides is 3. The van der Waals surface area contributed by atoms with E-state index >= 15 is 0 Å². The molecule has 3 rings (SSSR count). The monoisotopic (exact) mass is 342 g/mol. The Hall–Kier alpha value is -1.30. The van der Waals surface area contributed by atoms with Gasteiger partial charge in [-0.1, -0.05) is 29.3 Å². The molecule has 2 heterocycles. The minimum Gasteiger partial charge on any atom is -0.376 e. The van der Waals surface area contributed by atoms with Crippen molar-refractivity contribution in [3.05, 3.63) is 33.8 Å². The Kier molecular flexibility index (Phi) is 4.05. The van der Waals surface area contributed by atoms with E-state index in [4.69, 9.17) is 27.9 Å². The molecule has 0 unspecified atom stereocenters. The Balaban J connectivity index is 1.88. The van der Waals surface area contributed by atoms with E-state index in [-0.39, 0.29) is 18.6 Å². The van der Waals surface area contributed by atoms with Crippen LogP contribution in [0.2, 0.25) is 10.0 Å². The number of benzene rings is 1. The number of hydrogen-bond acceptors (Lipinski definition) is 3. The number of ether oxygens (including phenoxy) is 1. The van der Waals surface area contributed by atoms with Crippen molar-refractivity contribution >= 4 is 35.1 Å². The quantitative estimate of drug-likeness (QED) is 0.859. The average Bonchev–Trinajstić information content (AvgIpc) is 3.02. The molecule has 0 saturated carbocycles. The van der Waals surface area contributed by atoms with Crippen molar-refractivity contribution in [2.45, 2.75) is 31.4 Å². The Bertz CT molecular complexity index is 631. The minimum absolute atomic E-state index is 0.0854. The number of nitrogens with zero attached hydrogens (tertiary/aromatic N) is 1. The molecule has 0 aliphatic carbocycles. The zero-order chi connectivity index (χ0) is 15.9. The Morgan fingerprint density at radius 3 is 2.82 bits per heavy atom. The van der Waals surface area contributed by atoms with Gasteiger partial charge in [0.25, 0.3) is 5.91 Å². The summed E-state index contributed by atoms with van der Waals surface area (Å²) in [4.78, 5) is 26.2. The molecule has 2 atom stereocenters. The Morgan fingerprint density at radius 1 is 1.41 bits per heavy atom. The molecular weight excluding hydrogens is 327 g/mol. The van der Waals surface area contributed by atoms with Gasteiger partial charge in [0.2, 0.25) is 0 Å². The molecular formula is C15H16Cl2N2O3. The molecule has 0 radical (unpaired) electrons. The molecule has 22 heavy (non-hydrogen) atoms. The molecule has 1 N–H and O–H groups in total. The summed E-state index contributed by atoms with van der Waals surface area (Å²) in [6.07, 6.45) is 1.72. The molecule has 0 bridgehead atoms. The number of halogens is 2. The highest BCUT2D eigenvalue weighted by molar-refractivity contribution is 6.35. The van der Waals surface area contributed by atoms with Crippen LogP contribution in [-0.2, 0) is 15.1 Å². The third-order valence-electron chi connectivity index (χ3n) is 4.15. The van der Waals surface area contributed by atoms with Crippen LogP contribution in [0.15, 0.2) is 18.2 Å². The maximum atomic E-state index is 12.8. The van der Waals surface area contributed by atoms with Crippen LogP contribution in [0.4, 0.5) is 4.79 Å². The SMILES string of the molecule is C[C@]1(c2ccc(Cl)cc2Cl)NC(=O)N(C[C@@H]2CCCO2)C1=O. The zero-order valence-corrected chi connectivity index (χ0v) is 13.6. The highest BCUT2D eigenvalue weighted by atomic mass is 35.5. The van der Waals surface area contributed by atoms with Gasteiger partial charge < -0.3 is 10.1 Å². The highest BCUT2D eigenvalue weighted by Gasteiger charge is 2.50. The van der Waals surface area contributed by atoms with Gasteiger partial charge in [-0.25, -0.2) is 4.79 Å². The number of urea groups is 1. The second-order valence-electron chi connectivity index (χ2n) is 5.73. The average molecular weight is 343 g/mol. The van der Waals surface area contributed by atoms with Crippen molar-refractivity contribution in [3.63, 3.8) is 0 Å². The fourth-order valence-electron chi connectivity index (χ4n) is 2.93. The van der Waals surface area contributed by atoms with E-state index in [1.165, 1.54) is 4.90 Å². The molecule has 3 amide bonds. The fourth-order valence-corrected chi connectivity index (χ4v) is 3.53. The van der Waals surface area contributed by atoms with Crippen molar-refractivity contribution in [3.8, 4) is 0 Å². The van der Waals surface area contributed by atoms with E-state index in [0.29, 0.717) is 22.2 Å². The van der Waals surface area contributed by atoms with Crippen molar-refractivity contribution < 1.29 is 14.3 Å². The first-order chi connectivity index (χ1) is 10.4. The number of carbonyl (C=O) groups is 2. The Labute approximate surface area is 138 Å². The van der Waals surface area contributed by atoms with Crippen LogP contribution in [-0.4, -0.2) is 36.1 Å². The third kappa shape index (κ3) is 2.57. The lowest BCUT2D eigenvalue weighted by Crippen LogP contribution is -2.42. The van der Waals surface area contributed by atoms with E-state index < -0.39 is 11.6 Å². The fraction of sp³-hybridized carbons (Fsp3) is 0.467. The van der Waals surface area contributed by atoms with Gasteiger partial charge in [-0.3, -0.25) is 9.69 Å². The van der Waals surface area contributed by atoms with Crippen LogP contribution in [0, 0.1) is 0 Å². The van der Waals surface area contributed by atoms with Crippen molar-refractivity contribution in [1.82, 2.24) is 10.2 Å². The first kappa shape index (κ1) is 15.6. The summed E-state index contributed by atoms with van der Waals surface area (Å²) < 4.78 is 5.51. The number of imide groups is 1. The maximum absolute atomic E-state index is 12.8. The third-order valence-corrected chi connectivity index (χ3v) is 4.70.